The Hall–Kier alpha value is -2.54. The van der Waals surface area contributed by atoms with E-state index in [2.05, 4.69) is 10.2 Å². The average molecular weight is 371 g/mol. The molecular formula is C19H21N3O3S. The molecule has 2 aromatic heterocycles. The van der Waals surface area contributed by atoms with E-state index < -0.39 is 5.60 Å². The molecule has 0 unspecified atom stereocenters. The van der Waals surface area contributed by atoms with Gasteiger partial charge in [0.05, 0.1) is 12.0 Å². The summed E-state index contributed by atoms with van der Waals surface area (Å²) in [4.78, 5) is 12.0. The van der Waals surface area contributed by atoms with Gasteiger partial charge < -0.3 is 9.15 Å². The summed E-state index contributed by atoms with van der Waals surface area (Å²) in [6.07, 6.45) is 1.59. The van der Waals surface area contributed by atoms with E-state index in [4.69, 9.17) is 9.15 Å². The van der Waals surface area contributed by atoms with E-state index in [0.29, 0.717) is 16.7 Å². The zero-order chi connectivity index (χ0) is 18.7. The zero-order valence-corrected chi connectivity index (χ0v) is 16.0. The molecule has 6 nitrogen and oxygen atoms in total. The van der Waals surface area contributed by atoms with Crippen LogP contribution in [-0.4, -0.2) is 32.1 Å². The first-order valence-electron chi connectivity index (χ1n) is 8.24. The van der Waals surface area contributed by atoms with Gasteiger partial charge in [0, 0.05) is 5.69 Å². The van der Waals surface area contributed by atoms with Gasteiger partial charge in [0.15, 0.2) is 10.9 Å². The molecule has 0 aliphatic carbocycles. The number of aryl methyl sites for hydroxylation is 1. The third-order valence-electron chi connectivity index (χ3n) is 3.41. The quantitative estimate of drug-likeness (QED) is 0.493. The van der Waals surface area contributed by atoms with Gasteiger partial charge in [-0.15, -0.1) is 10.2 Å². The summed E-state index contributed by atoms with van der Waals surface area (Å²) in [7, 11) is 0. The van der Waals surface area contributed by atoms with Gasteiger partial charge in [-0.25, -0.2) is 0 Å². The fraction of sp³-hybridized carbons (Fsp3) is 0.316. The number of hydrogen-bond acceptors (Lipinski definition) is 6. The second-order valence-electron chi connectivity index (χ2n) is 6.83. The normalized spacial score (nSPS) is 11.5. The topological polar surface area (TPSA) is 70.2 Å². The zero-order valence-electron chi connectivity index (χ0n) is 15.2. The molecule has 0 atom stereocenters. The van der Waals surface area contributed by atoms with Crippen molar-refractivity contribution in [3.05, 3.63) is 48.2 Å². The molecule has 2 heterocycles. The fourth-order valence-electron chi connectivity index (χ4n) is 2.35. The van der Waals surface area contributed by atoms with Crippen LogP contribution >= 0.6 is 11.8 Å². The Morgan fingerprint density at radius 1 is 1.19 bits per heavy atom. The Labute approximate surface area is 156 Å². The van der Waals surface area contributed by atoms with Crippen molar-refractivity contribution >= 4 is 17.7 Å². The standard InChI is InChI=1S/C19H21N3O3S/c1-13-7-9-14(10-8-13)22-17(15-6-5-11-24-15)20-21-18(22)26-12-16(23)25-19(2,3)4/h5-11H,12H2,1-4H3. The van der Waals surface area contributed by atoms with E-state index >= 15 is 0 Å². The van der Waals surface area contributed by atoms with E-state index in [1.54, 1.807) is 12.3 Å². The maximum atomic E-state index is 12.0. The number of ether oxygens (including phenoxy) is 1. The molecule has 3 rings (SSSR count). The number of carbonyl (C=O) groups excluding carboxylic acids is 1. The van der Waals surface area contributed by atoms with Crippen LogP contribution in [-0.2, 0) is 9.53 Å². The molecule has 0 N–H and O–H groups in total. The third kappa shape index (κ3) is 4.35. The van der Waals surface area contributed by atoms with Crippen molar-refractivity contribution in [1.29, 1.82) is 0 Å². The first-order valence-corrected chi connectivity index (χ1v) is 9.23. The van der Waals surface area contributed by atoms with Crippen molar-refractivity contribution in [3.63, 3.8) is 0 Å². The minimum absolute atomic E-state index is 0.152. The summed E-state index contributed by atoms with van der Waals surface area (Å²) >= 11 is 1.29. The monoisotopic (exact) mass is 371 g/mol. The van der Waals surface area contributed by atoms with Crippen LogP contribution in [0.5, 0.6) is 0 Å². The van der Waals surface area contributed by atoms with Crippen LogP contribution < -0.4 is 0 Å². The Morgan fingerprint density at radius 3 is 2.54 bits per heavy atom. The first kappa shape index (κ1) is 18.3. The molecule has 1 aromatic carbocycles. The number of hydrogen-bond donors (Lipinski definition) is 0. The summed E-state index contributed by atoms with van der Waals surface area (Å²) in [5.74, 6) is 1.06. The molecule has 0 bridgehead atoms. The lowest BCUT2D eigenvalue weighted by molar-refractivity contribution is -0.151. The van der Waals surface area contributed by atoms with Crippen LogP contribution in [0, 0.1) is 6.92 Å². The number of carbonyl (C=O) groups is 1. The van der Waals surface area contributed by atoms with Gasteiger partial charge in [-0.1, -0.05) is 29.5 Å². The van der Waals surface area contributed by atoms with E-state index in [1.165, 1.54) is 11.8 Å². The third-order valence-corrected chi connectivity index (χ3v) is 4.31. The lowest BCUT2D eigenvalue weighted by atomic mass is 10.2. The summed E-state index contributed by atoms with van der Waals surface area (Å²) in [6, 6.07) is 11.6. The molecule has 3 aromatic rings. The van der Waals surface area contributed by atoms with Gasteiger partial charge in [-0.2, -0.15) is 0 Å². The number of thioether (sulfide) groups is 1. The minimum atomic E-state index is -0.512. The molecule has 0 amide bonds. The molecule has 0 fully saturated rings. The molecule has 0 aliphatic heterocycles. The van der Waals surface area contributed by atoms with Gasteiger partial charge in [-0.3, -0.25) is 9.36 Å². The molecule has 0 spiro atoms. The van der Waals surface area contributed by atoms with Crippen molar-refractivity contribution in [2.45, 2.75) is 38.5 Å². The summed E-state index contributed by atoms with van der Waals surface area (Å²) < 4.78 is 12.7. The average Bonchev–Trinajstić information content (AvgIpc) is 3.21. The SMILES string of the molecule is Cc1ccc(-n2c(SCC(=O)OC(C)(C)C)nnc2-c2ccco2)cc1. The van der Waals surface area contributed by atoms with Crippen molar-refractivity contribution in [2.24, 2.45) is 0 Å². The Morgan fingerprint density at radius 2 is 1.92 bits per heavy atom. The van der Waals surface area contributed by atoms with Crippen molar-refractivity contribution < 1.29 is 13.9 Å². The smallest absolute Gasteiger partial charge is 0.316 e. The lowest BCUT2D eigenvalue weighted by Crippen LogP contribution is -2.25. The fourth-order valence-corrected chi connectivity index (χ4v) is 3.08. The van der Waals surface area contributed by atoms with Crippen LogP contribution in [0.25, 0.3) is 17.3 Å². The Bertz CT molecular complexity index is 878. The van der Waals surface area contributed by atoms with Crippen LogP contribution in [0.4, 0.5) is 0 Å². The Balaban J connectivity index is 1.90. The highest BCUT2D eigenvalue weighted by atomic mass is 32.2. The maximum Gasteiger partial charge on any atom is 0.316 e. The number of rotatable bonds is 5. The minimum Gasteiger partial charge on any atom is -0.461 e. The second kappa shape index (κ2) is 7.37. The van der Waals surface area contributed by atoms with Gasteiger partial charge in [0.25, 0.3) is 0 Å². The van der Waals surface area contributed by atoms with E-state index in [9.17, 15) is 4.79 Å². The highest BCUT2D eigenvalue weighted by molar-refractivity contribution is 7.99. The van der Waals surface area contributed by atoms with Crippen LogP contribution in [0.1, 0.15) is 26.3 Å². The summed E-state index contributed by atoms with van der Waals surface area (Å²) in [5, 5.41) is 9.11. The highest BCUT2D eigenvalue weighted by Crippen LogP contribution is 2.28. The molecule has 7 heteroatoms. The van der Waals surface area contributed by atoms with Gasteiger partial charge in [0.1, 0.15) is 5.60 Å². The molecule has 0 saturated carbocycles. The van der Waals surface area contributed by atoms with Crippen LogP contribution in [0.15, 0.2) is 52.2 Å². The first-order chi connectivity index (χ1) is 12.3. The van der Waals surface area contributed by atoms with E-state index in [0.717, 1.165) is 11.3 Å². The second-order valence-corrected chi connectivity index (χ2v) is 7.77. The van der Waals surface area contributed by atoms with Gasteiger partial charge >= 0.3 is 5.97 Å². The molecule has 0 saturated heterocycles. The molecule has 0 radical (unpaired) electrons. The number of esters is 1. The van der Waals surface area contributed by atoms with Gasteiger partial charge in [0.2, 0.25) is 5.82 Å². The number of aromatic nitrogens is 3. The largest absolute Gasteiger partial charge is 0.461 e. The highest BCUT2D eigenvalue weighted by Gasteiger charge is 2.21. The van der Waals surface area contributed by atoms with Crippen LogP contribution in [0.3, 0.4) is 0 Å². The van der Waals surface area contributed by atoms with Crippen LogP contribution in [0.2, 0.25) is 0 Å². The number of furan rings is 1. The molecule has 0 aliphatic rings. The predicted molar refractivity (Wildman–Crippen MR) is 100 cm³/mol. The maximum absolute atomic E-state index is 12.0. The molecular weight excluding hydrogens is 350 g/mol. The number of nitrogens with zero attached hydrogens (tertiary/aromatic N) is 3. The van der Waals surface area contributed by atoms with Crippen molar-refractivity contribution in [2.75, 3.05) is 5.75 Å². The van der Waals surface area contributed by atoms with E-state index in [1.807, 2.05) is 62.6 Å². The number of benzene rings is 1. The van der Waals surface area contributed by atoms with Gasteiger partial charge in [-0.05, 0) is 52.0 Å². The van der Waals surface area contributed by atoms with Crippen molar-refractivity contribution in [3.8, 4) is 17.3 Å². The van der Waals surface area contributed by atoms with Crippen molar-refractivity contribution in [1.82, 2.24) is 14.8 Å². The molecule has 136 valence electrons. The lowest BCUT2D eigenvalue weighted by Gasteiger charge is -2.19. The Kier molecular flexibility index (Phi) is 5.18. The molecule has 26 heavy (non-hydrogen) atoms. The van der Waals surface area contributed by atoms with E-state index in [-0.39, 0.29) is 11.7 Å². The summed E-state index contributed by atoms with van der Waals surface area (Å²) in [6.45, 7) is 7.57. The predicted octanol–water partition coefficient (Wildman–Crippen LogP) is 4.27. The summed E-state index contributed by atoms with van der Waals surface area (Å²) in [5.41, 5.74) is 1.55.